The number of sulfonamides is 1. The molecule has 0 aliphatic heterocycles. The summed E-state index contributed by atoms with van der Waals surface area (Å²) in [5, 5.41) is 6.18. The molecule has 48 heavy (non-hydrogen) atoms. The molecule has 1 fully saturated rings. The van der Waals surface area contributed by atoms with Gasteiger partial charge in [0.1, 0.15) is 6.04 Å². The molecule has 0 heterocycles. The van der Waals surface area contributed by atoms with Crippen LogP contribution in [0.2, 0.25) is 0 Å². The summed E-state index contributed by atoms with van der Waals surface area (Å²) in [6.07, 6.45) is 3.87. The number of nitrogens with zero attached hydrogens (tertiary/aromatic N) is 1. The van der Waals surface area contributed by atoms with Gasteiger partial charge in [0.15, 0.2) is 0 Å². The van der Waals surface area contributed by atoms with E-state index >= 15 is 0 Å². The Morgan fingerprint density at radius 3 is 1.98 bits per heavy atom. The normalized spacial score (nSPS) is 16.9. The van der Waals surface area contributed by atoms with Crippen molar-refractivity contribution in [3.05, 3.63) is 82.9 Å². The van der Waals surface area contributed by atoms with Crippen molar-refractivity contribution in [2.75, 3.05) is 14.1 Å². The topological polar surface area (TPSA) is 125 Å². The molecule has 3 atom stereocenters. The Morgan fingerprint density at radius 2 is 1.50 bits per heavy atom. The van der Waals surface area contributed by atoms with Crippen molar-refractivity contribution in [1.82, 2.24) is 20.3 Å². The number of hydrogen-bond donors (Lipinski definition) is 3. The zero-order chi connectivity index (χ0) is 36.2. The standard InChI is InChI=1S/C38H56N4O5S/c1-25(2)30(23-26(3)33(43)41-48(46,47)24-27-17-19-29(20-18-27)38(9)21-22-38)42(11)35(45)32(36(4,5)6)40-34(44)31(39-10)37(7,8)28-15-13-12-14-16-28/h12-20,23,25,30-32,39H,21-22,24H2,1-11H3,(H,40,44)(H,41,43)/b26-23+/t30-,31-,32-/m1/s1. The number of benzene rings is 2. The maximum absolute atomic E-state index is 14.1. The summed E-state index contributed by atoms with van der Waals surface area (Å²) in [6.45, 7) is 17.2. The summed E-state index contributed by atoms with van der Waals surface area (Å²) in [4.78, 5) is 42.6. The van der Waals surface area contributed by atoms with Crippen LogP contribution in [-0.2, 0) is 41.0 Å². The predicted octanol–water partition coefficient (Wildman–Crippen LogP) is 5.21. The molecule has 2 aromatic carbocycles. The fraction of sp³-hybridized carbons (Fsp3) is 0.553. The minimum Gasteiger partial charge on any atom is -0.342 e. The molecular formula is C38H56N4O5S. The summed E-state index contributed by atoms with van der Waals surface area (Å²) in [7, 11) is -0.594. The first-order valence-electron chi connectivity index (χ1n) is 16.8. The van der Waals surface area contributed by atoms with Gasteiger partial charge in [0.2, 0.25) is 21.8 Å². The first-order chi connectivity index (χ1) is 22.1. The van der Waals surface area contributed by atoms with Crippen LogP contribution in [0.25, 0.3) is 0 Å². The summed E-state index contributed by atoms with van der Waals surface area (Å²) < 4.78 is 28.1. The summed E-state index contributed by atoms with van der Waals surface area (Å²) in [5.41, 5.74) is 1.90. The SMILES string of the molecule is CN[C@H](C(=O)N[C@H](C(=O)N(C)[C@H](/C=C(\C)C(=O)NS(=O)(=O)Cc1ccc(C2(C)CC2)cc1)C(C)C)C(C)(C)C)C(C)(C)c1ccccc1. The number of hydrogen-bond acceptors (Lipinski definition) is 6. The maximum Gasteiger partial charge on any atom is 0.260 e. The third-order valence-corrected chi connectivity index (χ3v) is 10.9. The van der Waals surface area contributed by atoms with Crippen LogP contribution in [0.1, 0.15) is 91.8 Å². The Hall–Kier alpha value is -3.50. The smallest absolute Gasteiger partial charge is 0.260 e. The number of carbonyl (C=O) groups excluding carboxylic acids is 3. The number of likely N-dealkylation sites (N-methyl/N-ethyl adjacent to an activating group) is 2. The molecule has 0 unspecified atom stereocenters. The Morgan fingerprint density at radius 1 is 0.938 bits per heavy atom. The average Bonchev–Trinajstić information content (AvgIpc) is 3.75. The third-order valence-electron chi connectivity index (χ3n) is 9.70. The van der Waals surface area contributed by atoms with Crippen molar-refractivity contribution in [1.29, 1.82) is 0 Å². The van der Waals surface area contributed by atoms with Gasteiger partial charge in [-0.05, 0) is 60.3 Å². The number of carbonyl (C=O) groups is 3. The van der Waals surface area contributed by atoms with Crippen molar-refractivity contribution in [2.24, 2.45) is 11.3 Å². The quantitative estimate of drug-likeness (QED) is 0.236. The molecule has 0 bridgehead atoms. The van der Waals surface area contributed by atoms with Crippen molar-refractivity contribution in [3.63, 3.8) is 0 Å². The Labute approximate surface area is 288 Å². The van der Waals surface area contributed by atoms with Gasteiger partial charge in [-0.15, -0.1) is 0 Å². The molecule has 3 N–H and O–H groups in total. The number of rotatable bonds is 14. The molecular weight excluding hydrogens is 625 g/mol. The molecule has 0 spiro atoms. The number of nitrogens with one attached hydrogen (secondary N) is 3. The van der Waals surface area contributed by atoms with Gasteiger partial charge in [-0.1, -0.05) is 116 Å². The van der Waals surface area contributed by atoms with Crippen molar-refractivity contribution >= 4 is 27.7 Å². The zero-order valence-corrected chi connectivity index (χ0v) is 31.4. The highest BCUT2D eigenvalue weighted by atomic mass is 32.2. The monoisotopic (exact) mass is 680 g/mol. The zero-order valence-electron chi connectivity index (χ0n) is 30.6. The first kappa shape index (κ1) is 38.9. The highest BCUT2D eigenvalue weighted by Gasteiger charge is 2.42. The van der Waals surface area contributed by atoms with E-state index in [0.29, 0.717) is 5.56 Å². The minimum absolute atomic E-state index is 0.122. The summed E-state index contributed by atoms with van der Waals surface area (Å²) >= 11 is 0. The van der Waals surface area contributed by atoms with E-state index in [4.69, 9.17) is 0 Å². The molecule has 1 aliphatic carbocycles. The van der Waals surface area contributed by atoms with Crippen LogP contribution >= 0.6 is 0 Å². The lowest BCUT2D eigenvalue weighted by molar-refractivity contribution is -0.140. The van der Waals surface area contributed by atoms with Crippen molar-refractivity contribution < 1.29 is 22.8 Å². The molecule has 0 radical (unpaired) electrons. The van der Waals surface area contributed by atoms with Gasteiger partial charge < -0.3 is 15.5 Å². The Bertz CT molecular complexity index is 1590. The molecule has 0 aromatic heterocycles. The average molecular weight is 681 g/mol. The van der Waals surface area contributed by atoms with E-state index in [2.05, 4.69) is 22.3 Å². The molecule has 1 saturated carbocycles. The van der Waals surface area contributed by atoms with E-state index in [9.17, 15) is 22.8 Å². The second-order valence-corrected chi connectivity index (χ2v) is 17.3. The van der Waals surface area contributed by atoms with Gasteiger partial charge in [0, 0.05) is 18.0 Å². The fourth-order valence-corrected chi connectivity index (χ4v) is 7.27. The lowest BCUT2D eigenvalue weighted by atomic mass is 9.76. The van der Waals surface area contributed by atoms with Gasteiger partial charge in [0.05, 0.1) is 17.8 Å². The van der Waals surface area contributed by atoms with Crippen molar-refractivity contribution in [3.8, 4) is 0 Å². The predicted molar refractivity (Wildman–Crippen MR) is 193 cm³/mol. The molecule has 3 amide bonds. The molecule has 0 saturated heterocycles. The minimum atomic E-state index is -3.97. The van der Waals surface area contributed by atoms with Gasteiger partial charge in [-0.3, -0.25) is 14.4 Å². The van der Waals surface area contributed by atoms with E-state index in [0.717, 1.165) is 18.4 Å². The highest BCUT2D eigenvalue weighted by molar-refractivity contribution is 7.89. The Balaban J connectivity index is 1.76. The second kappa shape index (κ2) is 14.9. The van der Waals surface area contributed by atoms with Crippen LogP contribution in [0.3, 0.4) is 0 Å². The molecule has 1 aliphatic rings. The molecule has 264 valence electrons. The van der Waals surface area contributed by atoms with Crippen LogP contribution in [0, 0.1) is 11.3 Å². The van der Waals surface area contributed by atoms with Crippen LogP contribution in [0.5, 0.6) is 0 Å². The van der Waals surface area contributed by atoms with Crippen LogP contribution < -0.4 is 15.4 Å². The van der Waals surface area contributed by atoms with E-state index in [1.165, 1.54) is 17.4 Å². The van der Waals surface area contributed by atoms with Crippen LogP contribution in [-0.4, -0.2) is 63.3 Å². The summed E-state index contributed by atoms with van der Waals surface area (Å²) in [5.74, 6) is -1.81. The first-order valence-corrected chi connectivity index (χ1v) is 18.4. The van der Waals surface area contributed by atoms with Gasteiger partial charge in [-0.2, -0.15) is 0 Å². The van der Waals surface area contributed by atoms with Crippen LogP contribution in [0.15, 0.2) is 66.2 Å². The van der Waals surface area contributed by atoms with Crippen molar-refractivity contribution in [2.45, 2.75) is 110 Å². The maximum atomic E-state index is 14.1. The molecule has 9 nitrogen and oxygen atoms in total. The van der Waals surface area contributed by atoms with Gasteiger partial charge in [0.25, 0.3) is 5.91 Å². The molecule has 3 rings (SSSR count). The van der Waals surface area contributed by atoms with Gasteiger partial charge in [-0.25, -0.2) is 13.1 Å². The van der Waals surface area contributed by atoms with Crippen LogP contribution in [0.4, 0.5) is 0 Å². The second-order valence-electron chi connectivity index (χ2n) is 15.6. The fourth-order valence-electron chi connectivity index (χ4n) is 6.12. The van der Waals surface area contributed by atoms with Gasteiger partial charge >= 0.3 is 0 Å². The molecule has 10 heteroatoms. The Kier molecular flexibility index (Phi) is 12.1. The largest absolute Gasteiger partial charge is 0.342 e. The molecule has 2 aromatic rings. The van der Waals surface area contributed by atoms with E-state index < -0.39 is 44.9 Å². The lowest BCUT2D eigenvalue weighted by Crippen LogP contribution is -2.61. The number of amides is 3. The van der Waals surface area contributed by atoms with E-state index in [1.54, 1.807) is 32.3 Å². The highest BCUT2D eigenvalue weighted by Crippen LogP contribution is 2.47. The third kappa shape index (κ3) is 9.56. The van der Waals surface area contributed by atoms with E-state index in [1.807, 2.05) is 90.9 Å². The van der Waals surface area contributed by atoms with E-state index in [-0.39, 0.29) is 34.5 Å². The lowest BCUT2D eigenvalue weighted by Gasteiger charge is -2.40. The summed E-state index contributed by atoms with van der Waals surface area (Å²) in [6, 6.07) is 15.2.